The van der Waals surface area contributed by atoms with Crippen molar-refractivity contribution in [2.75, 3.05) is 33.1 Å². The van der Waals surface area contributed by atoms with Gasteiger partial charge in [0, 0.05) is 23.5 Å². The van der Waals surface area contributed by atoms with Crippen LogP contribution in [0.3, 0.4) is 0 Å². The third-order valence-electron chi connectivity index (χ3n) is 6.95. The summed E-state index contributed by atoms with van der Waals surface area (Å²) in [5.74, 6) is -0.313. The maximum atomic E-state index is 15.0. The van der Waals surface area contributed by atoms with Crippen LogP contribution >= 0.6 is 23.2 Å². The fourth-order valence-corrected chi connectivity index (χ4v) is 5.89. The number of halogens is 3. The summed E-state index contributed by atoms with van der Waals surface area (Å²) in [5.41, 5.74) is 0.775. The molecule has 1 saturated heterocycles. The molecule has 6 nitrogen and oxygen atoms in total. The quantitative estimate of drug-likeness (QED) is 0.653. The molecule has 0 saturated carbocycles. The molecule has 4 atom stereocenters. The number of hydrogen-bond donors (Lipinski definition) is 2. The SMILES string of the molecule is CNC(=O)[C@@H]1C[C@@H](F)C[N+]1(C)C1(c2cc(Cl)ccc2OC)C(=O)Nc2ccc(Cl)c(C)c21. The third kappa shape index (κ3) is 2.95. The van der Waals surface area contributed by atoms with Gasteiger partial charge in [0.2, 0.25) is 5.54 Å². The first-order valence-corrected chi connectivity index (χ1v) is 11.0. The molecule has 2 aromatic carbocycles. The molecule has 2 N–H and O–H groups in total. The van der Waals surface area contributed by atoms with E-state index in [0.717, 1.165) is 0 Å². The van der Waals surface area contributed by atoms with Crippen LogP contribution in [0.1, 0.15) is 23.1 Å². The fraction of sp³-hybridized carbons (Fsp3) is 0.391. The van der Waals surface area contributed by atoms with Gasteiger partial charge in [0.1, 0.15) is 12.3 Å². The zero-order valence-electron chi connectivity index (χ0n) is 18.3. The van der Waals surface area contributed by atoms with Crippen molar-refractivity contribution in [1.29, 1.82) is 0 Å². The molecule has 2 aromatic rings. The summed E-state index contributed by atoms with van der Waals surface area (Å²) in [5, 5.41) is 6.45. The van der Waals surface area contributed by atoms with E-state index in [0.29, 0.717) is 38.2 Å². The number of carbonyl (C=O) groups is 2. The number of amides is 2. The molecule has 1 fully saturated rings. The largest absolute Gasteiger partial charge is 0.496 e. The van der Waals surface area contributed by atoms with Crippen LogP contribution in [0.15, 0.2) is 30.3 Å². The average Bonchev–Trinajstić information content (AvgIpc) is 3.24. The molecule has 0 radical (unpaired) electrons. The summed E-state index contributed by atoms with van der Waals surface area (Å²) in [6.45, 7) is 1.77. The van der Waals surface area contributed by atoms with Crippen molar-refractivity contribution < 1.29 is 23.2 Å². The van der Waals surface area contributed by atoms with Crippen molar-refractivity contribution in [2.45, 2.75) is 31.1 Å². The summed E-state index contributed by atoms with van der Waals surface area (Å²) in [4.78, 5) is 27.0. The number of methoxy groups -OCH3 is 1. The van der Waals surface area contributed by atoms with E-state index in [1.807, 2.05) is 6.92 Å². The van der Waals surface area contributed by atoms with Gasteiger partial charge in [0.25, 0.3) is 11.8 Å². The first-order chi connectivity index (χ1) is 15.1. The molecular formula is C23H25Cl2FN3O3+. The van der Waals surface area contributed by atoms with E-state index < -0.39 is 17.8 Å². The number of hydrogen-bond acceptors (Lipinski definition) is 3. The van der Waals surface area contributed by atoms with Gasteiger partial charge in [-0.2, -0.15) is 0 Å². The van der Waals surface area contributed by atoms with Crippen LogP contribution in [0.5, 0.6) is 5.75 Å². The van der Waals surface area contributed by atoms with E-state index in [4.69, 9.17) is 27.9 Å². The molecule has 9 heteroatoms. The Hall–Kier alpha value is -2.35. The lowest BCUT2D eigenvalue weighted by Crippen LogP contribution is -2.68. The normalized spacial score (nSPS) is 28.9. The Morgan fingerprint density at radius 3 is 2.69 bits per heavy atom. The molecule has 0 spiro atoms. The molecule has 2 amide bonds. The monoisotopic (exact) mass is 480 g/mol. The zero-order chi connectivity index (χ0) is 23.4. The summed E-state index contributed by atoms with van der Waals surface area (Å²) in [6, 6.07) is 7.60. The lowest BCUT2D eigenvalue weighted by atomic mass is 9.77. The Balaban J connectivity index is 2.18. The molecule has 2 aliphatic rings. The number of nitrogens with one attached hydrogen (secondary N) is 2. The molecule has 4 rings (SSSR count). The fourth-order valence-electron chi connectivity index (χ4n) is 5.56. The van der Waals surface area contributed by atoms with E-state index in [1.54, 1.807) is 37.4 Å². The maximum absolute atomic E-state index is 15.0. The Labute approximate surface area is 196 Å². The van der Waals surface area contributed by atoms with Crippen LogP contribution in [-0.2, 0) is 15.1 Å². The number of alkyl halides is 1. The number of rotatable bonds is 4. The zero-order valence-corrected chi connectivity index (χ0v) is 19.8. The highest BCUT2D eigenvalue weighted by molar-refractivity contribution is 6.32. The van der Waals surface area contributed by atoms with Gasteiger partial charge >= 0.3 is 0 Å². The topological polar surface area (TPSA) is 67.4 Å². The van der Waals surface area contributed by atoms with Crippen molar-refractivity contribution >= 4 is 40.7 Å². The molecular weight excluding hydrogens is 456 g/mol. The number of likely N-dealkylation sites (tertiary alicyclic amines) is 1. The maximum Gasteiger partial charge on any atom is 0.295 e. The molecule has 0 aromatic heterocycles. The first kappa shape index (κ1) is 22.8. The number of fused-ring (bicyclic) bond motifs is 1. The molecule has 2 unspecified atom stereocenters. The minimum Gasteiger partial charge on any atom is -0.496 e. The Bertz CT molecular complexity index is 1130. The number of quaternary nitrogens is 1. The second-order valence-corrected chi connectivity index (χ2v) is 9.36. The Kier molecular flexibility index (Phi) is 5.64. The van der Waals surface area contributed by atoms with E-state index in [-0.39, 0.29) is 29.3 Å². The number of benzene rings is 2. The molecule has 2 heterocycles. The minimum absolute atomic E-state index is 0.0109. The molecule has 170 valence electrons. The Morgan fingerprint density at radius 2 is 2.03 bits per heavy atom. The second-order valence-electron chi connectivity index (χ2n) is 8.52. The predicted molar refractivity (Wildman–Crippen MR) is 122 cm³/mol. The number of anilines is 1. The summed E-state index contributed by atoms with van der Waals surface area (Å²) in [6.07, 6.45) is -1.29. The Morgan fingerprint density at radius 1 is 1.31 bits per heavy atom. The number of ether oxygens (including phenoxy) is 1. The van der Waals surface area contributed by atoms with Crippen LogP contribution in [0, 0.1) is 6.92 Å². The van der Waals surface area contributed by atoms with Crippen molar-refractivity contribution in [3.8, 4) is 5.75 Å². The van der Waals surface area contributed by atoms with E-state index in [1.165, 1.54) is 14.2 Å². The van der Waals surface area contributed by atoms with Crippen molar-refractivity contribution in [2.24, 2.45) is 0 Å². The third-order valence-corrected chi connectivity index (χ3v) is 7.59. The van der Waals surface area contributed by atoms with Gasteiger partial charge in [-0.05, 0) is 42.8 Å². The highest BCUT2D eigenvalue weighted by Crippen LogP contribution is 2.56. The lowest BCUT2D eigenvalue weighted by Gasteiger charge is -2.48. The van der Waals surface area contributed by atoms with E-state index >= 15 is 4.39 Å². The number of carbonyl (C=O) groups excluding carboxylic acids is 2. The highest BCUT2D eigenvalue weighted by Gasteiger charge is 2.69. The molecule has 0 aliphatic carbocycles. The van der Waals surface area contributed by atoms with Gasteiger partial charge in [-0.25, -0.2) is 4.39 Å². The average molecular weight is 481 g/mol. The van der Waals surface area contributed by atoms with Crippen molar-refractivity contribution in [3.63, 3.8) is 0 Å². The van der Waals surface area contributed by atoms with Gasteiger partial charge < -0.3 is 15.4 Å². The molecule has 2 aliphatic heterocycles. The molecule has 32 heavy (non-hydrogen) atoms. The van der Waals surface area contributed by atoms with E-state index in [2.05, 4.69) is 10.6 Å². The highest BCUT2D eigenvalue weighted by atomic mass is 35.5. The van der Waals surface area contributed by atoms with Gasteiger partial charge in [-0.1, -0.05) is 23.2 Å². The predicted octanol–water partition coefficient (Wildman–Crippen LogP) is 3.81. The van der Waals surface area contributed by atoms with Gasteiger partial charge in [0.05, 0.1) is 31.0 Å². The van der Waals surface area contributed by atoms with Crippen LogP contribution in [0.4, 0.5) is 10.1 Å². The lowest BCUT2D eigenvalue weighted by molar-refractivity contribution is -0.953. The van der Waals surface area contributed by atoms with Gasteiger partial charge in [0.15, 0.2) is 12.2 Å². The summed E-state index contributed by atoms with van der Waals surface area (Å²) < 4.78 is 20.5. The number of nitrogens with zero attached hydrogens (tertiary/aromatic N) is 1. The first-order valence-electron chi connectivity index (χ1n) is 10.3. The standard InChI is InChI=1S/C23H24Cl2FN3O3/c1-12-16(25)6-7-17-20(12)23(22(31)28-17,15-9-13(24)5-8-19(15)32-4)29(3)11-14(26)10-18(29)21(30)27-2/h5-9,14,18H,10-11H2,1-4H3,(H-,27,28,30,31)/p+1/t14-,18+,23?,29?/m1/s1. The van der Waals surface area contributed by atoms with Gasteiger partial charge in [-0.15, -0.1) is 0 Å². The van der Waals surface area contributed by atoms with Crippen LogP contribution in [0.2, 0.25) is 10.0 Å². The van der Waals surface area contributed by atoms with E-state index in [9.17, 15) is 9.59 Å². The van der Waals surface area contributed by atoms with Crippen LogP contribution in [0.25, 0.3) is 0 Å². The van der Waals surface area contributed by atoms with Crippen LogP contribution in [-0.4, -0.2) is 56.3 Å². The van der Waals surface area contributed by atoms with Crippen LogP contribution < -0.4 is 15.4 Å². The van der Waals surface area contributed by atoms with Crippen molar-refractivity contribution in [3.05, 3.63) is 57.1 Å². The summed E-state index contributed by atoms with van der Waals surface area (Å²) in [7, 11) is 4.75. The smallest absolute Gasteiger partial charge is 0.295 e. The number of likely N-dealkylation sites (N-methyl/N-ethyl adjacent to an activating group) is 2. The van der Waals surface area contributed by atoms with Gasteiger partial charge in [-0.3, -0.25) is 14.1 Å². The minimum atomic E-state index is -1.52. The van der Waals surface area contributed by atoms with Crippen molar-refractivity contribution in [1.82, 2.24) is 5.32 Å². The second kappa shape index (κ2) is 7.90. The molecule has 0 bridgehead atoms. The summed E-state index contributed by atoms with van der Waals surface area (Å²) >= 11 is 12.9.